The second-order valence-electron chi connectivity index (χ2n) is 4.04. The van der Waals surface area contributed by atoms with Crippen LogP contribution >= 0.6 is 11.8 Å². The second-order valence-corrected chi connectivity index (χ2v) is 5.15. The average molecular weight is 265 g/mol. The van der Waals surface area contributed by atoms with Gasteiger partial charge in [0.25, 0.3) is 0 Å². The Bertz CT molecular complexity index is 555. The van der Waals surface area contributed by atoms with Gasteiger partial charge in [-0.25, -0.2) is 8.78 Å². The third-order valence-corrected chi connectivity index (χ3v) is 3.55. The molecule has 0 fully saturated rings. The van der Waals surface area contributed by atoms with Crippen molar-refractivity contribution < 1.29 is 8.78 Å². The minimum atomic E-state index is -0.334. The molecular formula is C14H13F2NS. The van der Waals surface area contributed by atoms with Crippen LogP contribution in [-0.2, 0) is 0 Å². The maximum atomic E-state index is 13.8. The molecule has 0 heterocycles. The van der Waals surface area contributed by atoms with Crippen LogP contribution in [0.1, 0.15) is 18.5 Å². The summed E-state index contributed by atoms with van der Waals surface area (Å²) in [5, 5.41) is 0. The predicted molar refractivity (Wildman–Crippen MR) is 69.5 cm³/mol. The first-order chi connectivity index (χ1) is 8.56. The van der Waals surface area contributed by atoms with Crippen molar-refractivity contribution in [2.24, 2.45) is 5.73 Å². The van der Waals surface area contributed by atoms with Crippen molar-refractivity contribution >= 4 is 11.8 Å². The number of hydrogen-bond donors (Lipinski definition) is 1. The first kappa shape index (κ1) is 13.1. The van der Waals surface area contributed by atoms with Gasteiger partial charge >= 0.3 is 0 Å². The van der Waals surface area contributed by atoms with Crippen LogP contribution in [0.15, 0.2) is 52.3 Å². The van der Waals surface area contributed by atoms with Gasteiger partial charge in [0.15, 0.2) is 0 Å². The second kappa shape index (κ2) is 5.50. The molecule has 0 bridgehead atoms. The highest BCUT2D eigenvalue weighted by Crippen LogP contribution is 2.31. The van der Waals surface area contributed by atoms with E-state index < -0.39 is 0 Å². The fraction of sp³-hybridized carbons (Fsp3) is 0.143. The summed E-state index contributed by atoms with van der Waals surface area (Å²) in [6.45, 7) is 1.80. The Hall–Kier alpha value is -1.39. The van der Waals surface area contributed by atoms with Gasteiger partial charge in [-0.2, -0.15) is 0 Å². The molecule has 0 unspecified atom stereocenters. The quantitative estimate of drug-likeness (QED) is 0.902. The maximum absolute atomic E-state index is 13.8. The van der Waals surface area contributed by atoms with Crippen LogP contribution in [0.2, 0.25) is 0 Å². The van der Waals surface area contributed by atoms with E-state index in [-0.39, 0.29) is 17.7 Å². The predicted octanol–water partition coefficient (Wildman–Crippen LogP) is 4.14. The van der Waals surface area contributed by atoms with Crippen molar-refractivity contribution in [1.29, 1.82) is 0 Å². The topological polar surface area (TPSA) is 26.0 Å². The lowest BCUT2D eigenvalue weighted by Crippen LogP contribution is -2.05. The molecule has 0 radical (unpaired) electrons. The summed E-state index contributed by atoms with van der Waals surface area (Å²) in [7, 11) is 0. The standard InChI is InChI=1S/C14H13F2NS/c1-9(17)10-5-6-14(13(16)7-10)18-12-4-2-3-11(15)8-12/h2-9H,17H2,1H3/t9-/m0/s1. The zero-order valence-corrected chi connectivity index (χ0v) is 10.7. The van der Waals surface area contributed by atoms with Gasteiger partial charge in [-0.05, 0) is 42.8 Å². The molecule has 0 amide bonds. The van der Waals surface area contributed by atoms with Gasteiger partial charge in [0.05, 0.1) is 0 Å². The number of hydrogen-bond acceptors (Lipinski definition) is 2. The Balaban J connectivity index is 2.24. The molecule has 0 aliphatic carbocycles. The van der Waals surface area contributed by atoms with Gasteiger partial charge < -0.3 is 5.73 Å². The highest BCUT2D eigenvalue weighted by atomic mass is 32.2. The Morgan fingerprint density at radius 2 is 1.89 bits per heavy atom. The number of nitrogens with two attached hydrogens (primary N) is 1. The van der Waals surface area contributed by atoms with E-state index in [1.807, 2.05) is 0 Å². The lowest BCUT2D eigenvalue weighted by Gasteiger charge is -2.08. The monoisotopic (exact) mass is 265 g/mol. The smallest absolute Gasteiger partial charge is 0.137 e. The van der Waals surface area contributed by atoms with Crippen LogP contribution in [0.4, 0.5) is 8.78 Å². The zero-order chi connectivity index (χ0) is 13.1. The number of halogens is 2. The molecule has 2 aromatic carbocycles. The lowest BCUT2D eigenvalue weighted by atomic mass is 10.1. The molecule has 0 saturated carbocycles. The van der Waals surface area contributed by atoms with Crippen molar-refractivity contribution in [3.05, 3.63) is 59.7 Å². The third-order valence-electron chi connectivity index (χ3n) is 2.51. The largest absolute Gasteiger partial charge is 0.324 e. The van der Waals surface area contributed by atoms with Gasteiger partial charge in [0.2, 0.25) is 0 Å². The molecular weight excluding hydrogens is 252 g/mol. The van der Waals surface area contributed by atoms with E-state index >= 15 is 0 Å². The minimum absolute atomic E-state index is 0.201. The van der Waals surface area contributed by atoms with Gasteiger partial charge in [-0.15, -0.1) is 0 Å². The van der Waals surface area contributed by atoms with Crippen molar-refractivity contribution in [1.82, 2.24) is 0 Å². The molecule has 2 N–H and O–H groups in total. The van der Waals surface area contributed by atoms with Gasteiger partial charge in [0, 0.05) is 15.8 Å². The van der Waals surface area contributed by atoms with E-state index in [1.54, 1.807) is 31.2 Å². The summed E-state index contributed by atoms with van der Waals surface area (Å²) < 4.78 is 26.8. The van der Waals surface area contributed by atoms with Gasteiger partial charge in [-0.3, -0.25) is 0 Å². The van der Waals surface area contributed by atoms with Crippen molar-refractivity contribution in [2.75, 3.05) is 0 Å². The molecule has 0 aliphatic rings. The molecule has 94 valence electrons. The third kappa shape index (κ3) is 3.09. The Morgan fingerprint density at radius 3 is 2.50 bits per heavy atom. The van der Waals surface area contributed by atoms with Crippen LogP contribution in [0, 0.1) is 11.6 Å². The molecule has 18 heavy (non-hydrogen) atoms. The van der Waals surface area contributed by atoms with Gasteiger partial charge in [0.1, 0.15) is 11.6 Å². The van der Waals surface area contributed by atoms with Gasteiger partial charge in [-0.1, -0.05) is 23.9 Å². The molecule has 0 saturated heterocycles. The SMILES string of the molecule is C[C@H](N)c1ccc(Sc2cccc(F)c2)c(F)c1. The summed E-state index contributed by atoms with van der Waals surface area (Å²) >= 11 is 1.19. The Labute approximate surface area is 109 Å². The van der Waals surface area contributed by atoms with Crippen LogP contribution in [0.5, 0.6) is 0 Å². The summed E-state index contributed by atoms with van der Waals surface area (Å²) in [4.78, 5) is 1.13. The Morgan fingerprint density at radius 1 is 1.11 bits per heavy atom. The first-order valence-electron chi connectivity index (χ1n) is 5.54. The van der Waals surface area contributed by atoms with E-state index in [0.29, 0.717) is 9.79 Å². The summed E-state index contributed by atoms with van der Waals surface area (Å²) in [6, 6.07) is 10.8. The van der Waals surface area contributed by atoms with E-state index in [9.17, 15) is 8.78 Å². The fourth-order valence-electron chi connectivity index (χ4n) is 1.54. The first-order valence-corrected chi connectivity index (χ1v) is 6.36. The maximum Gasteiger partial charge on any atom is 0.137 e. The van der Waals surface area contributed by atoms with Crippen LogP contribution in [0.3, 0.4) is 0 Å². The number of rotatable bonds is 3. The molecule has 0 spiro atoms. The summed E-state index contributed by atoms with van der Waals surface area (Å²) in [6.07, 6.45) is 0. The van der Waals surface area contributed by atoms with E-state index in [2.05, 4.69) is 0 Å². The number of benzene rings is 2. The fourth-order valence-corrected chi connectivity index (χ4v) is 2.41. The summed E-state index contributed by atoms with van der Waals surface area (Å²) in [5.74, 6) is -0.660. The van der Waals surface area contributed by atoms with E-state index in [0.717, 1.165) is 5.56 Å². The van der Waals surface area contributed by atoms with Crippen LogP contribution in [-0.4, -0.2) is 0 Å². The molecule has 0 aromatic heterocycles. The Kier molecular flexibility index (Phi) is 3.99. The van der Waals surface area contributed by atoms with Crippen molar-refractivity contribution in [3.8, 4) is 0 Å². The van der Waals surface area contributed by atoms with Crippen molar-refractivity contribution in [2.45, 2.75) is 22.8 Å². The molecule has 0 aliphatic heterocycles. The molecule has 2 rings (SSSR count). The van der Waals surface area contributed by atoms with Crippen LogP contribution in [0.25, 0.3) is 0 Å². The lowest BCUT2D eigenvalue weighted by molar-refractivity contribution is 0.596. The van der Waals surface area contributed by atoms with E-state index in [4.69, 9.17) is 5.73 Å². The molecule has 2 aromatic rings. The zero-order valence-electron chi connectivity index (χ0n) is 9.86. The highest BCUT2D eigenvalue weighted by Gasteiger charge is 2.08. The summed E-state index contributed by atoms with van der Waals surface area (Å²) in [5.41, 5.74) is 6.43. The normalized spacial score (nSPS) is 12.4. The molecule has 1 nitrogen and oxygen atoms in total. The van der Waals surface area contributed by atoms with Crippen molar-refractivity contribution in [3.63, 3.8) is 0 Å². The van der Waals surface area contributed by atoms with E-state index in [1.165, 1.54) is 30.0 Å². The highest BCUT2D eigenvalue weighted by molar-refractivity contribution is 7.99. The average Bonchev–Trinajstić information content (AvgIpc) is 2.31. The van der Waals surface area contributed by atoms with Crippen LogP contribution < -0.4 is 5.73 Å². The minimum Gasteiger partial charge on any atom is -0.324 e. The molecule has 4 heteroatoms. The molecule has 1 atom stereocenters.